The fourth-order valence-electron chi connectivity index (χ4n) is 1.87. The summed E-state index contributed by atoms with van der Waals surface area (Å²) in [5.41, 5.74) is 1.92. The third-order valence-corrected chi connectivity index (χ3v) is 4.15. The number of rotatable bonds is 5. The van der Waals surface area contributed by atoms with Crippen LogP contribution in [0.2, 0.25) is 0 Å². The lowest BCUT2D eigenvalue weighted by Crippen LogP contribution is -2.21. The summed E-state index contributed by atoms with van der Waals surface area (Å²) in [4.78, 5) is 5.86. The number of aromatic hydroxyl groups is 2. The summed E-state index contributed by atoms with van der Waals surface area (Å²) < 4.78 is 0. The summed E-state index contributed by atoms with van der Waals surface area (Å²) in [5, 5.41) is 23.2. The van der Waals surface area contributed by atoms with Crippen molar-refractivity contribution in [2.24, 2.45) is 0 Å². The second-order valence-electron chi connectivity index (χ2n) is 4.98. The molecule has 0 saturated carbocycles. The highest BCUT2D eigenvalue weighted by Crippen LogP contribution is 2.34. The van der Waals surface area contributed by atoms with Crippen LogP contribution >= 0.6 is 11.3 Å². The van der Waals surface area contributed by atoms with Gasteiger partial charge in [-0.1, -0.05) is 20.8 Å². The number of benzene rings is 1. The number of aryl methyl sites for hydroxylation is 1. The van der Waals surface area contributed by atoms with Gasteiger partial charge in [0.15, 0.2) is 11.5 Å². The van der Waals surface area contributed by atoms with E-state index in [4.69, 9.17) is 0 Å². The lowest BCUT2D eigenvalue weighted by Gasteiger charge is -2.06. The van der Waals surface area contributed by atoms with Crippen LogP contribution in [0.4, 0.5) is 0 Å². The van der Waals surface area contributed by atoms with Crippen LogP contribution in [0, 0.1) is 0 Å². The third kappa shape index (κ3) is 3.29. The van der Waals surface area contributed by atoms with E-state index in [9.17, 15) is 10.2 Å². The van der Waals surface area contributed by atoms with Crippen molar-refractivity contribution in [2.75, 3.05) is 0 Å². The minimum absolute atomic E-state index is 0.109. The molecule has 0 unspecified atom stereocenters. The van der Waals surface area contributed by atoms with E-state index in [0.717, 1.165) is 29.2 Å². The van der Waals surface area contributed by atoms with Crippen LogP contribution in [0.5, 0.6) is 11.5 Å². The molecule has 3 N–H and O–H groups in total. The van der Waals surface area contributed by atoms with Crippen LogP contribution in [0.1, 0.15) is 31.3 Å². The van der Waals surface area contributed by atoms with Crippen molar-refractivity contribution in [1.29, 1.82) is 0 Å². The first-order valence-corrected chi connectivity index (χ1v) is 7.57. The van der Waals surface area contributed by atoms with Gasteiger partial charge in [0, 0.05) is 23.0 Å². The van der Waals surface area contributed by atoms with E-state index in [1.165, 1.54) is 10.9 Å². The molecule has 0 atom stereocenters. The van der Waals surface area contributed by atoms with Crippen LogP contribution in [0.25, 0.3) is 10.6 Å². The molecule has 0 aliphatic carbocycles. The molecule has 1 aromatic carbocycles. The number of thiazole rings is 1. The molecule has 0 amide bonds. The molecule has 0 fully saturated rings. The largest absolute Gasteiger partial charge is 0.504 e. The number of phenolic OH excluding ortho intramolecular Hbond substituents is 2. The molecule has 108 valence electrons. The summed E-state index contributed by atoms with van der Waals surface area (Å²) >= 11 is 1.63. The molecule has 2 rings (SSSR count). The summed E-state index contributed by atoms with van der Waals surface area (Å²) in [7, 11) is 0. The quantitative estimate of drug-likeness (QED) is 0.740. The molecule has 0 saturated heterocycles. The Bertz CT molecular complexity index is 594. The predicted molar refractivity (Wildman–Crippen MR) is 82.2 cm³/mol. The van der Waals surface area contributed by atoms with Crippen molar-refractivity contribution in [2.45, 2.75) is 39.8 Å². The second kappa shape index (κ2) is 6.24. The molecule has 1 aromatic heterocycles. The minimum atomic E-state index is -0.113. The number of hydrogen-bond donors (Lipinski definition) is 3. The fraction of sp³-hybridized carbons (Fsp3) is 0.400. The first-order chi connectivity index (χ1) is 9.51. The first kappa shape index (κ1) is 14.8. The molecule has 0 aliphatic heterocycles. The standard InChI is InChI=1S/C15H20N2O2S/c1-4-11-14(8-16-9(2)3)20-15(17-11)10-5-6-12(18)13(19)7-10/h5-7,9,16,18-19H,4,8H2,1-3H3. The van der Waals surface area contributed by atoms with Crippen LogP contribution in [0.15, 0.2) is 18.2 Å². The van der Waals surface area contributed by atoms with Gasteiger partial charge in [0.25, 0.3) is 0 Å². The van der Waals surface area contributed by atoms with E-state index in [0.29, 0.717) is 6.04 Å². The monoisotopic (exact) mass is 292 g/mol. The Kier molecular flexibility index (Phi) is 4.62. The first-order valence-electron chi connectivity index (χ1n) is 6.75. The summed E-state index contributed by atoms with van der Waals surface area (Å²) in [6.45, 7) is 7.13. The van der Waals surface area contributed by atoms with Gasteiger partial charge >= 0.3 is 0 Å². The van der Waals surface area contributed by atoms with Crippen molar-refractivity contribution in [3.8, 4) is 22.1 Å². The van der Waals surface area contributed by atoms with Crippen LogP contribution in [-0.2, 0) is 13.0 Å². The van der Waals surface area contributed by atoms with Crippen molar-refractivity contribution in [3.05, 3.63) is 28.8 Å². The third-order valence-electron chi connectivity index (χ3n) is 3.01. The Morgan fingerprint density at radius 1 is 1.25 bits per heavy atom. The zero-order valence-corrected chi connectivity index (χ0v) is 12.8. The van der Waals surface area contributed by atoms with Gasteiger partial charge in [-0.2, -0.15) is 0 Å². The molecule has 2 aromatic rings. The highest BCUT2D eigenvalue weighted by Gasteiger charge is 2.12. The van der Waals surface area contributed by atoms with Gasteiger partial charge in [-0.05, 0) is 24.6 Å². The average molecular weight is 292 g/mol. The smallest absolute Gasteiger partial charge is 0.158 e. The zero-order chi connectivity index (χ0) is 14.7. The molecule has 4 nitrogen and oxygen atoms in total. The number of phenols is 2. The summed E-state index contributed by atoms with van der Waals surface area (Å²) in [6, 6.07) is 5.24. The highest BCUT2D eigenvalue weighted by atomic mass is 32.1. The van der Waals surface area contributed by atoms with Crippen LogP contribution < -0.4 is 5.32 Å². The average Bonchev–Trinajstić information content (AvgIpc) is 2.82. The van der Waals surface area contributed by atoms with Gasteiger partial charge in [0.2, 0.25) is 0 Å². The maximum atomic E-state index is 9.59. The molecule has 20 heavy (non-hydrogen) atoms. The van der Waals surface area contributed by atoms with E-state index in [1.54, 1.807) is 23.5 Å². The second-order valence-corrected chi connectivity index (χ2v) is 6.07. The molecule has 5 heteroatoms. The lowest BCUT2D eigenvalue weighted by atomic mass is 10.2. The van der Waals surface area contributed by atoms with Crippen LogP contribution in [-0.4, -0.2) is 21.2 Å². The Morgan fingerprint density at radius 3 is 2.60 bits per heavy atom. The van der Waals surface area contributed by atoms with Gasteiger partial charge < -0.3 is 15.5 Å². The van der Waals surface area contributed by atoms with Crippen molar-refractivity contribution >= 4 is 11.3 Å². The maximum absolute atomic E-state index is 9.59. The molecular weight excluding hydrogens is 272 g/mol. The number of nitrogens with zero attached hydrogens (tertiary/aromatic N) is 1. The molecule has 1 heterocycles. The van der Waals surface area contributed by atoms with Gasteiger partial charge in [-0.3, -0.25) is 0 Å². The van der Waals surface area contributed by atoms with E-state index >= 15 is 0 Å². The summed E-state index contributed by atoms with van der Waals surface area (Å²) in [6.07, 6.45) is 0.885. The SMILES string of the molecule is CCc1nc(-c2ccc(O)c(O)c2)sc1CNC(C)C. The topological polar surface area (TPSA) is 65.4 Å². The lowest BCUT2D eigenvalue weighted by molar-refractivity contribution is 0.404. The van der Waals surface area contributed by atoms with E-state index in [-0.39, 0.29) is 11.5 Å². The Morgan fingerprint density at radius 2 is 2.00 bits per heavy atom. The number of aromatic nitrogens is 1. The Labute approximate surface area is 123 Å². The number of nitrogens with one attached hydrogen (secondary N) is 1. The molecule has 0 radical (unpaired) electrons. The van der Waals surface area contributed by atoms with E-state index in [1.807, 2.05) is 0 Å². The van der Waals surface area contributed by atoms with Crippen molar-refractivity contribution < 1.29 is 10.2 Å². The van der Waals surface area contributed by atoms with Crippen LogP contribution in [0.3, 0.4) is 0 Å². The van der Waals surface area contributed by atoms with Gasteiger partial charge in [-0.15, -0.1) is 11.3 Å². The Balaban J connectivity index is 2.30. The van der Waals surface area contributed by atoms with Crippen molar-refractivity contribution in [1.82, 2.24) is 10.3 Å². The van der Waals surface area contributed by atoms with Crippen molar-refractivity contribution in [3.63, 3.8) is 0 Å². The molecular formula is C15H20N2O2S. The minimum Gasteiger partial charge on any atom is -0.504 e. The number of hydrogen-bond acceptors (Lipinski definition) is 5. The fourth-order valence-corrected chi connectivity index (χ4v) is 2.97. The van der Waals surface area contributed by atoms with E-state index in [2.05, 4.69) is 31.1 Å². The predicted octanol–water partition coefficient (Wildman–Crippen LogP) is 3.28. The van der Waals surface area contributed by atoms with Gasteiger partial charge in [-0.25, -0.2) is 4.98 Å². The normalized spacial score (nSPS) is 11.2. The van der Waals surface area contributed by atoms with Gasteiger partial charge in [0.1, 0.15) is 5.01 Å². The summed E-state index contributed by atoms with van der Waals surface area (Å²) in [5.74, 6) is -0.222. The zero-order valence-electron chi connectivity index (χ0n) is 12.0. The molecule has 0 spiro atoms. The van der Waals surface area contributed by atoms with Gasteiger partial charge in [0.05, 0.1) is 5.69 Å². The van der Waals surface area contributed by atoms with E-state index < -0.39 is 0 Å². The Hall–Kier alpha value is -1.59. The molecule has 0 bridgehead atoms. The molecule has 0 aliphatic rings. The maximum Gasteiger partial charge on any atom is 0.158 e. The highest BCUT2D eigenvalue weighted by molar-refractivity contribution is 7.15.